The molecule has 7 rings (SSSR count). The molecule has 0 saturated carbocycles. The average Bonchev–Trinajstić information content (AvgIpc) is 3.30. The summed E-state index contributed by atoms with van der Waals surface area (Å²) in [4.78, 5) is 32.1. The third-order valence-corrected chi connectivity index (χ3v) is 10.5. The van der Waals surface area contributed by atoms with Gasteiger partial charge in [-0.25, -0.2) is 4.39 Å². The molecule has 0 radical (unpaired) electrons. The fraction of sp³-hybridized carbons (Fsp3) is 0.220. The minimum Gasteiger partial charge on any atom is -0.497 e. The summed E-state index contributed by atoms with van der Waals surface area (Å²) in [5.41, 5.74) is 7.62. The maximum absolute atomic E-state index is 13.8. The van der Waals surface area contributed by atoms with E-state index in [1.54, 1.807) is 32.5 Å². The van der Waals surface area contributed by atoms with E-state index in [1.807, 2.05) is 130 Å². The molecule has 0 aliphatic heterocycles. The molecule has 4 N–H and O–H groups in total. The molecule has 5 aromatic carbocycles. The van der Waals surface area contributed by atoms with Gasteiger partial charge in [0.1, 0.15) is 23.1 Å². The van der Waals surface area contributed by atoms with Crippen molar-refractivity contribution in [3.05, 3.63) is 190 Å². The molecule has 2 unspecified atom stereocenters. The third-order valence-electron chi connectivity index (χ3n) is 10.5. The Balaban J connectivity index is 1.13. The van der Waals surface area contributed by atoms with Gasteiger partial charge < -0.3 is 35.5 Å². The molecule has 0 aliphatic carbocycles. The van der Waals surface area contributed by atoms with E-state index in [0.717, 1.165) is 44.6 Å². The quantitative estimate of drug-likeness (QED) is 0.0618. The minimum atomic E-state index is -0.542. The number of nitrogens with zero attached hydrogens (tertiary/aromatic N) is 4. The highest BCUT2D eigenvalue weighted by Gasteiger charge is 2.23. The second-order valence-corrected chi connectivity index (χ2v) is 15.1. The van der Waals surface area contributed by atoms with Gasteiger partial charge in [0.05, 0.1) is 32.3 Å². The number of hydrogen-bond acceptors (Lipinski definition) is 11. The van der Waals surface area contributed by atoms with Crippen molar-refractivity contribution in [1.29, 1.82) is 0 Å². The second-order valence-electron chi connectivity index (χ2n) is 15.1. The molecule has 2 heterocycles. The van der Waals surface area contributed by atoms with Gasteiger partial charge in [-0.2, -0.15) is 15.0 Å². The lowest BCUT2D eigenvalue weighted by molar-refractivity contribution is -0.123. The zero-order chi connectivity index (χ0) is 44.1. The molecule has 2 aromatic heterocycles. The molecule has 63 heavy (non-hydrogen) atoms. The Kier molecular flexibility index (Phi) is 14.4. The lowest BCUT2D eigenvalue weighted by Gasteiger charge is -2.23. The fourth-order valence-corrected chi connectivity index (χ4v) is 6.97. The lowest BCUT2D eigenvalue weighted by Crippen LogP contribution is -2.33. The first-order valence-corrected chi connectivity index (χ1v) is 20.7. The topological polar surface area (TPSA) is 144 Å². The van der Waals surface area contributed by atoms with Crippen LogP contribution in [0.3, 0.4) is 0 Å². The van der Waals surface area contributed by atoms with Crippen LogP contribution in [0.1, 0.15) is 69.7 Å². The van der Waals surface area contributed by atoms with Crippen molar-refractivity contribution < 1.29 is 23.4 Å². The summed E-state index contributed by atoms with van der Waals surface area (Å²) in [7, 11) is 3.20. The van der Waals surface area contributed by atoms with Crippen molar-refractivity contribution in [2.75, 3.05) is 43.3 Å². The maximum atomic E-state index is 13.8. The van der Waals surface area contributed by atoms with E-state index in [2.05, 4.69) is 26.3 Å². The number of halogens is 1. The number of ether oxygens (including phenoxy) is 3. The summed E-state index contributed by atoms with van der Waals surface area (Å²) in [6.45, 7) is 6.35. The van der Waals surface area contributed by atoms with E-state index in [-0.39, 0.29) is 36.4 Å². The number of pyridine rings is 1. The SMILES string of the molecule is COc1ccc(C(Nc2nc(NCCc3ccccn3)nc(NC(C)c3ccc(F)cc3)n2)c2ccc(OCC(=O)NC(c3ccc(C)cc3)c3ccc(C)cc3)cc2)c(OC)c1. The van der Waals surface area contributed by atoms with Gasteiger partial charge in [0, 0.05) is 36.5 Å². The van der Waals surface area contributed by atoms with Crippen molar-refractivity contribution in [3.8, 4) is 17.2 Å². The number of aromatic nitrogens is 4. The number of carbonyl (C=O) groups excluding carboxylic acids is 1. The average molecular weight is 847 g/mol. The highest BCUT2D eigenvalue weighted by molar-refractivity contribution is 5.78. The highest BCUT2D eigenvalue weighted by Crippen LogP contribution is 2.36. The van der Waals surface area contributed by atoms with Crippen molar-refractivity contribution in [2.45, 2.75) is 45.3 Å². The summed E-state index contributed by atoms with van der Waals surface area (Å²) in [6, 6.07) is 40.3. The van der Waals surface area contributed by atoms with Crippen LogP contribution in [0.2, 0.25) is 0 Å². The molecule has 13 heteroatoms. The van der Waals surface area contributed by atoms with E-state index < -0.39 is 6.04 Å². The van der Waals surface area contributed by atoms with Gasteiger partial charge in [-0.05, 0) is 91.6 Å². The summed E-state index contributed by atoms with van der Waals surface area (Å²) in [6.07, 6.45) is 2.41. The molecule has 0 aliphatic rings. The Morgan fingerprint density at radius 1 is 0.651 bits per heavy atom. The predicted octanol–water partition coefficient (Wildman–Crippen LogP) is 9.35. The highest BCUT2D eigenvalue weighted by atomic mass is 19.1. The van der Waals surface area contributed by atoms with Crippen LogP contribution in [0.5, 0.6) is 17.2 Å². The third kappa shape index (κ3) is 11.9. The lowest BCUT2D eigenvalue weighted by atomic mass is 9.97. The Bertz CT molecular complexity index is 2520. The van der Waals surface area contributed by atoms with Crippen molar-refractivity contribution in [2.24, 2.45) is 0 Å². The molecule has 7 aromatic rings. The molecule has 1 amide bonds. The van der Waals surface area contributed by atoms with Crippen LogP contribution in [0, 0.1) is 19.7 Å². The van der Waals surface area contributed by atoms with Crippen LogP contribution in [0.25, 0.3) is 0 Å². The zero-order valence-corrected chi connectivity index (χ0v) is 35.9. The molecule has 12 nitrogen and oxygen atoms in total. The van der Waals surface area contributed by atoms with Crippen LogP contribution in [-0.4, -0.2) is 53.2 Å². The Morgan fingerprint density at radius 2 is 1.24 bits per heavy atom. The van der Waals surface area contributed by atoms with Crippen molar-refractivity contribution in [3.63, 3.8) is 0 Å². The van der Waals surface area contributed by atoms with Gasteiger partial charge in [0.15, 0.2) is 6.61 Å². The van der Waals surface area contributed by atoms with E-state index in [9.17, 15) is 9.18 Å². The molecule has 0 saturated heterocycles. The number of carbonyl (C=O) groups is 1. The molecule has 0 fully saturated rings. The predicted molar refractivity (Wildman–Crippen MR) is 244 cm³/mol. The number of rotatable bonds is 19. The van der Waals surface area contributed by atoms with E-state index in [1.165, 1.54) is 12.1 Å². The Morgan fingerprint density at radius 3 is 1.86 bits per heavy atom. The van der Waals surface area contributed by atoms with Gasteiger partial charge in [-0.3, -0.25) is 9.78 Å². The monoisotopic (exact) mass is 846 g/mol. The number of methoxy groups -OCH3 is 2. The minimum absolute atomic E-state index is 0.186. The number of benzene rings is 5. The zero-order valence-electron chi connectivity index (χ0n) is 35.9. The maximum Gasteiger partial charge on any atom is 0.258 e. The van der Waals surface area contributed by atoms with Gasteiger partial charge in [-0.1, -0.05) is 90.0 Å². The molecule has 0 spiro atoms. The smallest absolute Gasteiger partial charge is 0.258 e. The standard InChI is InChI=1S/C50H51FN8O4/c1-32-9-13-36(14-10-32)46(37-15-11-33(2)12-16-37)55-45(60)31-63-41-23-19-38(20-24-41)47(43-26-25-42(61-4)30-44(43)62-5)56-50-58-48(53-29-27-40-8-6-7-28-52-40)57-49(59-50)54-34(3)35-17-21-39(51)22-18-35/h6-26,28,30,34,46-47H,27,29,31H2,1-5H3,(H,55,60)(H3,53,54,56,57,58,59). The van der Waals surface area contributed by atoms with Crippen LogP contribution >= 0.6 is 0 Å². The second kappa shape index (κ2) is 20.8. The Hall–Kier alpha value is -7.54. The molecule has 2 atom stereocenters. The first-order chi connectivity index (χ1) is 30.6. The molecular formula is C50H51FN8O4. The Labute approximate surface area is 367 Å². The van der Waals surface area contributed by atoms with Gasteiger partial charge >= 0.3 is 0 Å². The summed E-state index contributed by atoms with van der Waals surface area (Å²) >= 11 is 0. The van der Waals surface area contributed by atoms with Gasteiger partial charge in [0.25, 0.3) is 5.91 Å². The number of anilines is 3. The molecule has 0 bridgehead atoms. The number of nitrogens with one attached hydrogen (secondary N) is 4. The van der Waals surface area contributed by atoms with E-state index >= 15 is 0 Å². The first kappa shape index (κ1) is 43.5. The van der Waals surface area contributed by atoms with Crippen LogP contribution in [0.4, 0.5) is 22.2 Å². The number of aryl methyl sites for hydroxylation is 2. The van der Waals surface area contributed by atoms with E-state index in [4.69, 9.17) is 29.2 Å². The van der Waals surface area contributed by atoms with Crippen LogP contribution in [-0.2, 0) is 11.2 Å². The number of hydrogen-bond donors (Lipinski definition) is 4. The van der Waals surface area contributed by atoms with Gasteiger partial charge in [0.2, 0.25) is 17.8 Å². The molecular weight excluding hydrogens is 796 g/mol. The summed E-state index contributed by atoms with van der Waals surface area (Å²) < 4.78 is 31.2. The van der Waals surface area contributed by atoms with Crippen molar-refractivity contribution >= 4 is 23.8 Å². The first-order valence-electron chi connectivity index (χ1n) is 20.7. The summed E-state index contributed by atoms with van der Waals surface area (Å²) in [5.74, 6) is 2.06. The van der Waals surface area contributed by atoms with Crippen LogP contribution in [0.15, 0.2) is 140 Å². The van der Waals surface area contributed by atoms with E-state index in [0.29, 0.717) is 42.1 Å². The van der Waals surface area contributed by atoms with Gasteiger partial charge in [-0.15, -0.1) is 0 Å². The fourth-order valence-electron chi connectivity index (χ4n) is 6.97. The largest absolute Gasteiger partial charge is 0.497 e. The normalized spacial score (nSPS) is 11.9. The number of amides is 1. The molecule has 322 valence electrons. The van der Waals surface area contributed by atoms with Crippen molar-refractivity contribution in [1.82, 2.24) is 25.3 Å². The summed E-state index contributed by atoms with van der Waals surface area (Å²) in [5, 5.41) is 13.4. The van der Waals surface area contributed by atoms with Crippen LogP contribution < -0.4 is 35.5 Å².